The van der Waals surface area contributed by atoms with Gasteiger partial charge < -0.3 is 4.90 Å². The van der Waals surface area contributed by atoms with Gasteiger partial charge in [-0.15, -0.1) is 0 Å². The molecule has 5 aliphatic rings. The molecule has 2 spiro atoms. The van der Waals surface area contributed by atoms with Gasteiger partial charge in [0.25, 0.3) is 0 Å². The second-order valence-electron chi connectivity index (χ2n) is 16.6. The smallest absolute Gasteiger partial charge is 0.0543 e. The van der Waals surface area contributed by atoms with Crippen molar-refractivity contribution in [3.8, 4) is 22.3 Å². The summed E-state index contributed by atoms with van der Waals surface area (Å²) >= 11 is 0. The van der Waals surface area contributed by atoms with Gasteiger partial charge in [-0.2, -0.15) is 0 Å². The van der Waals surface area contributed by atoms with E-state index in [-0.39, 0.29) is 5.41 Å². The van der Waals surface area contributed by atoms with Crippen molar-refractivity contribution in [3.05, 3.63) is 163 Å². The molecule has 0 radical (unpaired) electrons. The fourth-order valence-corrected chi connectivity index (χ4v) is 12.8. The van der Waals surface area contributed by atoms with Crippen molar-refractivity contribution in [2.24, 2.45) is 29.1 Å². The molecule has 3 bridgehead atoms. The van der Waals surface area contributed by atoms with Gasteiger partial charge in [0.15, 0.2) is 0 Å². The van der Waals surface area contributed by atoms with E-state index in [0.717, 1.165) is 23.7 Å². The molecule has 7 aromatic rings. The summed E-state index contributed by atoms with van der Waals surface area (Å²) in [6.45, 7) is 0. The van der Waals surface area contributed by atoms with E-state index in [1.54, 1.807) is 11.1 Å². The lowest BCUT2D eigenvalue weighted by atomic mass is 9.49. The van der Waals surface area contributed by atoms with Gasteiger partial charge >= 0.3 is 0 Å². The summed E-state index contributed by atoms with van der Waals surface area (Å²) in [6.07, 6.45) is 8.68. The van der Waals surface area contributed by atoms with E-state index in [1.807, 2.05) is 0 Å². The van der Waals surface area contributed by atoms with Crippen molar-refractivity contribution in [2.75, 3.05) is 4.90 Å². The quantitative estimate of drug-likeness (QED) is 0.182. The highest BCUT2D eigenvalue weighted by Crippen LogP contribution is 2.82. The Kier molecular flexibility index (Phi) is 5.72. The maximum atomic E-state index is 2.56. The minimum atomic E-state index is 0.142. The Balaban J connectivity index is 1.06. The van der Waals surface area contributed by atoms with E-state index in [2.05, 4.69) is 157 Å². The van der Waals surface area contributed by atoms with E-state index in [4.69, 9.17) is 0 Å². The fraction of sp³-hybridized carbons (Fsp3) is 0.240. The lowest BCUT2D eigenvalue weighted by Crippen LogP contribution is -2.50. The predicted molar refractivity (Wildman–Crippen MR) is 212 cm³/mol. The number of hydrogen-bond acceptors (Lipinski definition) is 1. The molecule has 51 heavy (non-hydrogen) atoms. The zero-order valence-electron chi connectivity index (χ0n) is 28.9. The summed E-state index contributed by atoms with van der Waals surface area (Å²) in [5.41, 5.74) is 13.1. The Labute approximate surface area is 300 Å². The first-order chi connectivity index (χ1) is 25.2. The molecule has 246 valence electrons. The monoisotopic (exact) mass is 655 g/mol. The van der Waals surface area contributed by atoms with Crippen molar-refractivity contribution in [1.82, 2.24) is 0 Å². The van der Waals surface area contributed by atoms with Gasteiger partial charge in [-0.05, 0) is 147 Å². The zero-order valence-corrected chi connectivity index (χ0v) is 28.9. The Bertz CT molecular complexity index is 2540. The van der Waals surface area contributed by atoms with Gasteiger partial charge in [0.05, 0.1) is 5.69 Å². The minimum absolute atomic E-state index is 0.142. The topological polar surface area (TPSA) is 3.24 Å². The van der Waals surface area contributed by atoms with Crippen LogP contribution >= 0.6 is 0 Å². The van der Waals surface area contributed by atoms with Gasteiger partial charge in [-0.25, -0.2) is 0 Å². The number of nitrogens with zero attached hydrogens (tertiary/aromatic N) is 1. The molecule has 0 aromatic heterocycles. The van der Waals surface area contributed by atoms with Crippen LogP contribution in [0.5, 0.6) is 0 Å². The van der Waals surface area contributed by atoms with E-state index in [0.29, 0.717) is 5.41 Å². The second-order valence-corrected chi connectivity index (χ2v) is 16.6. The normalized spacial score (nSPS) is 27.7. The van der Waals surface area contributed by atoms with Gasteiger partial charge in [-0.3, -0.25) is 0 Å². The molecular formula is C50H41N. The van der Waals surface area contributed by atoms with Crippen LogP contribution in [0.25, 0.3) is 43.8 Å². The largest absolute Gasteiger partial charge is 0.310 e. The van der Waals surface area contributed by atoms with Crippen LogP contribution in [-0.4, -0.2) is 0 Å². The molecular weight excluding hydrogens is 615 g/mol. The lowest BCUT2D eigenvalue weighted by Gasteiger charge is -2.54. The summed E-state index contributed by atoms with van der Waals surface area (Å²) in [6, 6.07) is 57.6. The number of benzene rings is 7. The van der Waals surface area contributed by atoms with Gasteiger partial charge in [0.1, 0.15) is 0 Å². The van der Waals surface area contributed by atoms with Crippen molar-refractivity contribution in [2.45, 2.75) is 43.9 Å². The van der Waals surface area contributed by atoms with Crippen LogP contribution in [0.15, 0.2) is 152 Å². The standard InChI is InChI=1S/C50H41N/c1-3-10-36-27-38(18-17-33(36)8-1)35-19-23-41(24-20-35)51(42-25-21-34-9-2-4-11-37(34)28-42)46-15-7-14-45-48(46)43-12-5-6-13-44(43)50(45)39-22-16-32-26-40-29-47(50)49(40,30-32)31-39/h1-15,17-21,23-25,27-28,32,39-40,47H,16,22,26,29-31H2. The Hall–Kier alpha value is -5.14. The van der Waals surface area contributed by atoms with Gasteiger partial charge in [-0.1, -0.05) is 122 Å². The van der Waals surface area contributed by atoms with E-state index in [9.17, 15) is 0 Å². The molecule has 7 aromatic carbocycles. The van der Waals surface area contributed by atoms with Crippen molar-refractivity contribution in [1.29, 1.82) is 0 Å². The lowest BCUT2D eigenvalue weighted by molar-refractivity contribution is -0.0202. The Morgan fingerprint density at radius 1 is 0.490 bits per heavy atom. The second kappa shape index (κ2) is 10.2. The Morgan fingerprint density at radius 3 is 2.02 bits per heavy atom. The van der Waals surface area contributed by atoms with Crippen LogP contribution in [0.1, 0.15) is 49.7 Å². The van der Waals surface area contributed by atoms with Crippen molar-refractivity contribution >= 4 is 38.6 Å². The SMILES string of the molecule is c1ccc2c(c1)-c1c(N(c3ccc(-c4ccc5ccccc5c4)cc3)c3ccc4ccccc4c3)cccc1C21C2CCC3CC4CC1C4(C3)C2. The molecule has 1 heteroatoms. The van der Waals surface area contributed by atoms with Crippen molar-refractivity contribution in [3.63, 3.8) is 0 Å². The fourth-order valence-electron chi connectivity index (χ4n) is 12.8. The third-order valence-electron chi connectivity index (χ3n) is 14.6. The Morgan fingerprint density at radius 2 is 1.18 bits per heavy atom. The van der Waals surface area contributed by atoms with Crippen LogP contribution < -0.4 is 4.90 Å². The van der Waals surface area contributed by atoms with E-state index < -0.39 is 0 Å². The summed E-state index contributed by atoms with van der Waals surface area (Å²) in [4.78, 5) is 2.56. The summed E-state index contributed by atoms with van der Waals surface area (Å²) in [5.74, 6) is 3.46. The van der Waals surface area contributed by atoms with Crippen molar-refractivity contribution < 1.29 is 0 Å². The summed E-state index contributed by atoms with van der Waals surface area (Å²) in [5, 5.41) is 5.11. The highest BCUT2D eigenvalue weighted by Gasteiger charge is 2.75. The zero-order chi connectivity index (χ0) is 33.3. The first kappa shape index (κ1) is 28.5. The molecule has 6 atom stereocenters. The first-order valence-electron chi connectivity index (χ1n) is 19.3. The molecule has 0 amide bonds. The maximum absolute atomic E-state index is 2.56. The third kappa shape index (κ3) is 3.72. The summed E-state index contributed by atoms with van der Waals surface area (Å²) in [7, 11) is 0. The average molecular weight is 656 g/mol. The average Bonchev–Trinajstić information content (AvgIpc) is 3.65. The molecule has 1 nitrogen and oxygen atoms in total. The van der Waals surface area contributed by atoms with E-state index in [1.165, 1.54) is 99.4 Å². The minimum Gasteiger partial charge on any atom is -0.310 e. The molecule has 0 heterocycles. The highest BCUT2D eigenvalue weighted by molar-refractivity contribution is 5.98. The van der Waals surface area contributed by atoms with Gasteiger partial charge in [0.2, 0.25) is 0 Å². The molecule has 0 N–H and O–H groups in total. The highest BCUT2D eigenvalue weighted by atomic mass is 15.1. The van der Waals surface area contributed by atoms with E-state index >= 15 is 0 Å². The molecule has 0 saturated heterocycles. The molecule has 12 rings (SSSR count). The van der Waals surface area contributed by atoms with Gasteiger partial charge in [0, 0.05) is 22.4 Å². The third-order valence-corrected chi connectivity index (χ3v) is 14.6. The molecule has 4 fully saturated rings. The first-order valence-corrected chi connectivity index (χ1v) is 19.3. The van der Waals surface area contributed by atoms with Crippen LogP contribution in [0, 0.1) is 29.1 Å². The van der Waals surface area contributed by atoms with Crippen LogP contribution in [-0.2, 0) is 5.41 Å². The molecule has 4 saturated carbocycles. The number of rotatable bonds is 4. The van der Waals surface area contributed by atoms with Crippen LogP contribution in [0.3, 0.4) is 0 Å². The molecule has 6 unspecified atom stereocenters. The van der Waals surface area contributed by atoms with Crippen LogP contribution in [0.4, 0.5) is 17.1 Å². The summed E-state index contributed by atoms with van der Waals surface area (Å²) < 4.78 is 0. The number of fused-ring (bicyclic) bond motifs is 11. The molecule has 0 aliphatic heterocycles. The number of anilines is 3. The number of hydrogen-bond donors (Lipinski definition) is 0. The molecule has 5 aliphatic carbocycles. The predicted octanol–water partition coefficient (Wildman–Crippen LogP) is 13.2. The maximum Gasteiger partial charge on any atom is 0.0543 e. The van der Waals surface area contributed by atoms with Crippen LogP contribution in [0.2, 0.25) is 0 Å².